The molecule has 10 heteroatoms. The van der Waals surface area contributed by atoms with E-state index in [0.29, 0.717) is 17.2 Å². The molecule has 6 rings (SSSR count). The highest BCUT2D eigenvalue weighted by Crippen LogP contribution is 2.37. The van der Waals surface area contributed by atoms with Gasteiger partial charge in [-0.3, -0.25) is 14.3 Å². The van der Waals surface area contributed by atoms with E-state index in [1.54, 1.807) is 42.1 Å². The van der Waals surface area contributed by atoms with Gasteiger partial charge in [-0.1, -0.05) is 0 Å². The number of furan rings is 1. The van der Waals surface area contributed by atoms with Crippen LogP contribution < -0.4 is 11.0 Å². The van der Waals surface area contributed by atoms with Crippen LogP contribution in [0, 0.1) is 0 Å². The SMILES string of the molecule is O=C(Cn1c(=O)n2nc(-c3cccnc3)nc2c2c3c(sc21)CCCC3)NCc1ccco1. The first-order valence-electron chi connectivity index (χ1n) is 10.8. The molecule has 0 radical (unpaired) electrons. The van der Waals surface area contributed by atoms with Gasteiger partial charge in [-0.25, -0.2) is 9.78 Å². The fourth-order valence-corrected chi connectivity index (χ4v) is 5.71. The molecule has 0 fully saturated rings. The van der Waals surface area contributed by atoms with Crippen molar-refractivity contribution < 1.29 is 9.21 Å². The first-order valence-corrected chi connectivity index (χ1v) is 11.6. The van der Waals surface area contributed by atoms with Crippen LogP contribution in [-0.2, 0) is 30.7 Å². The molecule has 0 saturated heterocycles. The number of carbonyl (C=O) groups is 1. The number of fused-ring (bicyclic) bond motifs is 5. The average molecular weight is 461 g/mol. The van der Waals surface area contributed by atoms with Gasteiger partial charge in [0.1, 0.15) is 17.1 Å². The van der Waals surface area contributed by atoms with Gasteiger partial charge < -0.3 is 9.73 Å². The van der Waals surface area contributed by atoms with Gasteiger partial charge in [0.15, 0.2) is 11.5 Å². The Labute approximate surface area is 191 Å². The van der Waals surface area contributed by atoms with Crippen LogP contribution >= 0.6 is 11.3 Å². The van der Waals surface area contributed by atoms with Gasteiger partial charge >= 0.3 is 5.69 Å². The number of aromatic nitrogens is 5. The van der Waals surface area contributed by atoms with E-state index in [0.717, 1.165) is 41.5 Å². The summed E-state index contributed by atoms with van der Waals surface area (Å²) in [6.45, 7) is 0.162. The number of rotatable bonds is 5. The zero-order valence-corrected chi connectivity index (χ0v) is 18.5. The second-order valence-electron chi connectivity index (χ2n) is 8.03. The zero-order chi connectivity index (χ0) is 22.4. The van der Waals surface area contributed by atoms with Crippen LogP contribution in [-0.4, -0.2) is 30.1 Å². The summed E-state index contributed by atoms with van der Waals surface area (Å²) in [5.74, 6) is 0.825. The van der Waals surface area contributed by atoms with Crippen molar-refractivity contribution in [1.82, 2.24) is 29.5 Å². The van der Waals surface area contributed by atoms with Crippen molar-refractivity contribution in [2.24, 2.45) is 0 Å². The standard InChI is InChI=1S/C23H20N6O3S/c30-18(25-12-15-6-4-10-32-15)13-28-22-19(16-7-1-2-8-17(16)33-22)21-26-20(27-29(21)23(28)31)14-5-3-9-24-11-14/h3-6,9-11H,1-2,7-8,12-13H2,(H,25,30). The molecule has 5 heterocycles. The lowest BCUT2D eigenvalue weighted by Gasteiger charge is -2.11. The summed E-state index contributed by atoms with van der Waals surface area (Å²) in [5.41, 5.74) is 2.12. The molecular weight excluding hydrogens is 440 g/mol. The molecule has 1 amide bonds. The molecule has 0 aliphatic heterocycles. The largest absolute Gasteiger partial charge is 0.467 e. The third kappa shape index (κ3) is 3.43. The van der Waals surface area contributed by atoms with Crippen LogP contribution in [0.5, 0.6) is 0 Å². The third-order valence-electron chi connectivity index (χ3n) is 5.90. The Morgan fingerprint density at radius 3 is 2.94 bits per heavy atom. The first kappa shape index (κ1) is 19.9. The van der Waals surface area contributed by atoms with Crippen molar-refractivity contribution in [2.75, 3.05) is 0 Å². The van der Waals surface area contributed by atoms with Crippen LogP contribution in [0.3, 0.4) is 0 Å². The van der Waals surface area contributed by atoms with Gasteiger partial charge in [-0.2, -0.15) is 4.52 Å². The number of thiophene rings is 1. The number of aryl methyl sites for hydroxylation is 2. The van der Waals surface area contributed by atoms with Crippen LogP contribution in [0.4, 0.5) is 0 Å². The molecule has 0 unspecified atom stereocenters. The monoisotopic (exact) mass is 460 g/mol. The van der Waals surface area contributed by atoms with E-state index in [-0.39, 0.29) is 24.7 Å². The molecule has 0 aromatic carbocycles. The number of carbonyl (C=O) groups excluding carboxylic acids is 1. The second kappa shape index (κ2) is 7.96. The van der Waals surface area contributed by atoms with Gasteiger partial charge in [-0.15, -0.1) is 16.4 Å². The molecule has 0 atom stereocenters. The Morgan fingerprint density at radius 2 is 2.12 bits per heavy atom. The number of nitrogens with zero attached hydrogens (tertiary/aromatic N) is 5. The Hall–Kier alpha value is -3.79. The lowest BCUT2D eigenvalue weighted by molar-refractivity contribution is -0.121. The normalized spacial score (nSPS) is 13.5. The van der Waals surface area contributed by atoms with E-state index in [4.69, 9.17) is 9.40 Å². The molecule has 1 aliphatic rings. The van der Waals surface area contributed by atoms with E-state index in [9.17, 15) is 9.59 Å². The molecule has 1 N–H and O–H groups in total. The average Bonchev–Trinajstić information content (AvgIpc) is 3.59. The highest BCUT2D eigenvalue weighted by molar-refractivity contribution is 7.19. The number of hydrogen-bond donors (Lipinski definition) is 1. The van der Waals surface area contributed by atoms with E-state index < -0.39 is 0 Å². The Kier molecular flexibility index (Phi) is 4.79. The van der Waals surface area contributed by atoms with Crippen molar-refractivity contribution in [2.45, 2.75) is 38.8 Å². The molecule has 0 spiro atoms. The molecule has 0 saturated carbocycles. The Bertz CT molecular complexity index is 1530. The lowest BCUT2D eigenvalue weighted by Crippen LogP contribution is -2.34. The van der Waals surface area contributed by atoms with Crippen molar-refractivity contribution >= 4 is 33.1 Å². The van der Waals surface area contributed by atoms with Gasteiger partial charge in [-0.05, 0) is 55.5 Å². The maximum absolute atomic E-state index is 13.5. The van der Waals surface area contributed by atoms with Crippen molar-refractivity contribution in [3.8, 4) is 11.4 Å². The summed E-state index contributed by atoms with van der Waals surface area (Å²) in [7, 11) is 0. The highest BCUT2D eigenvalue weighted by atomic mass is 32.1. The van der Waals surface area contributed by atoms with Crippen LogP contribution in [0.2, 0.25) is 0 Å². The summed E-state index contributed by atoms with van der Waals surface area (Å²) in [6.07, 6.45) is 9.04. The maximum Gasteiger partial charge on any atom is 0.352 e. The summed E-state index contributed by atoms with van der Waals surface area (Å²) < 4.78 is 8.12. The third-order valence-corrected chi connectivity index (χ3v) is 7.22. The van der Waals surface area contributed by atoms with Gasteiger partial charge in [0, 0.05) is 22.8 Å². The number of nitrogens with one attached hydrogen (secondary N) is 1. The molecule has 33 heavy (non-hydrogen) atoms. The summed E-state index contributed by atoms with van der Waals surface area (Å²) >= 11 is 1.59. The molecule has 1 aliphatic carbocycles. The predicted octanol–water partition coefficient (Wildman–Crippen LogP) is 2.96. The van der Waals surface area contributed by atoms with Crippen LogP contribution in [0.25, 0.3) is 27.3 Å². The van der Waals surface area contributed by atoms with Gasteiger partial charge in [0.25, 0.3) is 0 Å². The second-order valence-corrected chi connectivity index (χ2v) is 9.11. The topological polar surface area (TPSA) is 107 Å². The summed E-state index contributed by atoms with van der Waals surface area (Å²) in [5, 5.41) is 8.26. The van der Waals surface area contributed by atoms with Crippen LogP contribution in [0.1, 0.15) is 29.0 Å². The molecule has 9 nitrogen and oxygen atoms in total. The minimum Gasteiger partial charge on any atom is -0.467 e. The fourth-order valence-electron chi connectivity index (χ4n) is 4.34. The van der Waals surface area contributed by atoms with E-state index in [2.05, 4.69) is 15.4 Å². The number of hydrogen-bond acceptors (Lipinski definition) is 7. The molecule has 5 aromatic rings. The Balaban J connectivity index is 1.49. The smallest absolute Gasteiger partial charge is 0.352 e. The molecule has 0 bridgehead atoms. The van der Waals surface area contributed by atoms with Crippen molar-refractivity contribution in [3.05, 3.63) is 69.6 Å². The predicted molar refractivity (Wildman–Crippen MR) is 123 cm³/mol. The number of amides is 1. The molecule has 166 valence electrons. The van der Waals surface area contributed by atoms with Gasteiger partial charge in [0.2, 0.25) is 5.91 Å². The summed E-state index contributed by atoms with van der Waals surface area (Å²) in [4.78, 5) is 37.1. The zero-order valence-electron chi connectivity index (χ0n) is 17.7. The van der Waals surface area contributed by atoms with Crippen LogP contribution in [0.15, 0.2) is 52.1 Å². The van der Waals surface area contributed by atoms with E-state index in [1.807, 2.05) is 12.1 Å². The van der Waals surface area contributed by atoms with Crippen molar-refractivity contribution in [1.29, 1.82) is 0 Å². The molecular formula is C23H20N6O3S. The minimum atomic E-state index is -0.383. The molecule has 5 aromatic heterocycles. The maximum atomic E-state index is 13.5. The number of pyridine rings is 1. The lowest BCUT2D eigenvalue weighted by atomic mass is 9.97. The Morgan fingerprint density at radius 1 is 1.21 bits per heavy atom. The van der Waals surface area contributed by atoms with Crippen molar-refractivity contribution in [3.63, 3.8) is 0 Å². The van der Waals surface area contributed by atoms with E-state index in [1.165, 1.54) is 19.5 Å². The highest BCUT2D eigenvalue weighted by Gasteiger charge is 2.25. The fraction of sp³-hybridized carbons (Fsp3) is 0.261. The van der Waals surface area contributed by atoms with E-state index >= 15 is 0 Å². The quantitative estimate of drug-likeness (QED) is 0.432. The summed E-state index contributed by atoms with van der Waals surface area (Å²) in [6, 6.07) is 7.23. The first-order chi connectivity index (χ1) is 16.2. The minimum absolute atomic E-state index is 0.104. The van der Waals surface area contributed by atoms with Gasteiger partial charge in [0.05, 0.1) is 18.2 Å².